The number of para-hydroxylation sites is 1. The normalized spacial score (nSPS) is 14.8. The van der Waals surface area contributed by atoms with Gasteiger partial charge in [0, 0.05) is 11.9 Å². The van der Waals surface area contributed by atoms with E-state index in [1.165, 1.54) is 6.08 Å². The molecule has 3 aromatic rings. The Morgan fingerprint density at radius 2 is 1.77 bits per heavy atom. The Hall–Kier alpha value is -4.39. The fraction of sp³-hybridized carbons (Fsp3) is 0.179. The second-order valence-electron chi connectivity index (χ2n) is 8.05. The highest BCUT2D eigenvalue weighted by atomic mass is 16.5. The van der Waals surface area contributed by atoms with Crippen molar-refractivity contribution in [2.75, 3.05) is 11.5 Å². The number of anilines is 1. The number of rotatable bonds is 9. The van der Waals surface area contributed by atoms with Crippen molar-refractivity contribution in [2.45, 2.75) is 26.3 Å². The molecule has 178 valence electrons. The lowest BCUT2D eigenvalue weighted by atomic mass is 10.1. The molecule has 0 spiro atoms. The summed E-state index contributed by atoms with van der Waals surface area (Å²) < 4.78 is 7.86. The summed E-state index contributed by atoms with van der Waals surface area (Å²) in [4.78, 5) is 39.1. The lowest BCUT2D eigenvalue weighted by Gasteiger charge is -2.26. The third-order valence-electron chi connectivity index (χ3n) is 5.79. The minimum absolute atomic E-state index is 0.110. The minimum Gasteiger partial charge on any atom is -0.491 e. The summed E-state index contributed by atoms with van der Waals surface area (Å²) in [6, 6.07) is 17.8. The van der Waals surface area contributed by atoms with Crippen LogP contribution in [0, 0.1) is 0 Å². The number of amides is 4. The van der Waals surface area contributed by atoms with Crippen LogP contribution >= 0.6 is 0 Å². The maximum absolute atomic E-state index is 13.2. The van der Waals surface area contributed by atoms with Crippen LogP contribution in [-0.2, 0) is 29.0 Å². The molecule has 4 amide bonds. The fourth-order valence-corrected chi connectivity index (χ4v) is 3.91. The van der Waals surface area contributed by atoms with Gasteiger partial charge in [-0.15, -0.1) is 6.58 Å². The molecular formula is C28H27N3O4. The zero-order valence-electron chi connectivity index (χ0n) is 19.6. The number of hydrogen-bond acceptors (Lipinski definition) is 4. The van der Waals surface area contributed by atoms with Gasteiger partial charge in [-0.2, -0.15) is 0 Å². The lowest BCUT2D eigenvalue weighted by Crippen LogP contribution is -2.54. The molecule has 7 heteroatoms. The summed E-state index contributed by atoms with van der Waals surface area (Å²) in [6.07, 6.45) is 6.73. The van der Waals surface area contributed by atoms with Crippen molar-refractivity contribution in [1.29, 1.82) is 0 Å². The molecule has 2 heterocycles. The summed E-state index contributed by atoms with van der Waals surface area (Å²) >= 11 is 0. The Labute approximate surface area is 204 Å². The number of hydrogen-bond donors (Lipinski definition) is 1. The molecule has 7 nitrogen and oxygen atoms in total. The van der Waals surface area contributed by atoms with Crippen LogP contribution in [0.25, 0.3) is 6.08 Å². The molecule has 0 bridgehead atoms. The zero-order valence-corrected chi connectivity index (χ0v) is 19.6. The largest absolute Gasteiger partial charge is 0.491 e. The molecular weight excluding hydrogens is 442 g/mol. The number of carbonyl (C=O) groups excluding carboxylic acids is 3. The second-order valence-corrected chi connectivity index (χ2v) is 8.05. The number of nitrogens with zero attached hydrogens (tertiary/aromatic N) is 2. The van der Waals surface area contributed by atoms with E-state index < -0.39 is 17.8 Å². The van der Waals surface area contributed by atoms with Gasteiger partial charge in [0.1, 0.15) is 17.9 Å². The van der Waals surface area contributed by atoms with Crippen molar-refractivity contribution in [3.63, 3.8) is 0 Å². The van der Waals surface area contributed by atoms with E-state index in [-0.39, 0.29) is 5.57 Å². The average molecular weight is 470 g/mol. The zero-order chi connectivity index (χ0) is 24.8. The van der Waals surface area contributed by atoms with Gasteiger partial charge < -0.3 is 9.30 Å². The van der Waals surface area contributed by atoms with Gasteiger partial charge in [-0.3, -0.25) is 14.9 Å². The Balaban J connectivity index is 1.52. The van der Waals surface area contributed by atoms with Crippen LogP contribution in [0.3, 0.4) is 0 Å². The molecule has 2 aromatic carbocycles. The molecule has 1 aliphatic heterocycles. The molecule has 0 unspecified atom stereocenters. The van der Waals surface area contributed by atoms with Gasteiger partial charge >= 0.3 is 6.03 Å². The Kier molecular flexibility index (Phi) is 7.26. The fourth-order valence-electron chi connectivity index (χ4n) is 3.91. The minimum atomic E-state index is -0.761. The number of nitrogens with one attached hydrogen (secondary N) is 1. The van der Waals surface area contributed by atoms with Gasteiger partial charge in [-0.25, -0.2) is 9.69 Å². The first-order valence-electron chi connectivity index (χ1n) is 11.5. The number of aryl methyl sites for hydroxylation is 1. The molecule has 1 aliphatic rings. The van der Waals surface area contributed by atoms with Crippen molar-refractivity contribution >= 4 is 29.6 Å². The smallest absolute Gasteiger partial charge is 0.335 e. The number of allylic oxidation sites excluding steroid dienone is 1. The summed E-state index contributed by atoms with van der Waals surface area (Å²) in [5.74, 6) is -0.585. The predicted octanol–water partition coefficient (Wildman–Crippen LogP) is 4.52. The molecule has 0 atom stereocenters. The van der Waals surface area contributed by atoms with Crippen molar-refractivity contribution in [3.8, 4) is 5.75 Å². The molecule has 0 radical (unpaired) electrons. The quantitative estimate of drug-likeness (QED) is 0.284. The number of carbonyl (C=O) groups is 3. The van der Waals surface area contributed by atoms with Crippen LogP contribution in [0.2, 0.25) is 0 Å². The summed E-state index contributed by atoms with van der Waals surface area (Å²) in [5.41, 5.74) is 3.09. The van der Waals surface area contributed by atoms with Crippen LogP contribution in [0.4, 0.5) is 10.5 Å². The number of urea groups is 1. The van der Waals surface area contributed by atoms with Gasteiger partial charge in [-0.1, -0.05) is 43.3 Å². The lowest BCUT2D eigenvalue weighted by molar-refractivity contribution is -0.122. The SMILES string of the molecule is C=CCc1ccccc1OCCn1cccc1C=C1C(=O)NC(=O)N(c2ccc(CC)cc2)C1=O. The van der Waals surface area contributed by atoms with Gasteiger partial charge in [0.15, 0.2) is 0 Å². The standard InChI is InChI=1S/C28H27N3O4/c1-3-8-21-9-5-6-11-25(21)35-18-17-30-16-7-10-23(30)19-24-26(32)29-28(34)31(27(24)33)22-14-12-20(4-2)13-15-22/h3,5-7,9-16,19H,1,4,8,17-18H2,2H3,(H,29,32,34). The number of barbiturate groups is 1. The Morgan fingerprint density at radius 1 is 1.00 bits per heavy atom. The van der Waals surface area contributed by atoms with Gasteiger partial charge in [0.2, 0.25) is 0 Å². The van der Waals surface area contributed by atoms with E-state index in [9.17, 15) is 14.4 Å². The van der Waals surface area contributed by atoms with Crippen LogP contribution < -0.4 is 15.0 Å². The predicted molar refractivity (Wildman–Crippen MR) is 135 cm³/mol. The van der Waals surface area contributed by atoms with Crippen molar-refractivity contribution in [2.24, 2.45) is 0 Å². The summed E-state index contributed by atoms with van der Waals surface area (Å²) in [7, 11) is 0. The van der Waals surface area contributed by atoms with Crippen LogP contribution in [0.15, 0.2) is 85.1 Å². The van der Waals surface area contributed by atoms with Gasteiger partial charge in [0.25, 0.3) is 11.8 Å². The second kappa shape index (κ2) is 10.7. The van der Waals surface area contributed by atoms with Crippen molar-refractivity contribution < 1.29 is 19.1 Å². The monoisotopic (exact) mass is 469 g/mol. The molecule has 0 saturated carbocycles. The molecule has 35 heavy (non-hydrogen) atoms. The molecule has 0 aliphatic carbocycles. The van der Waals surface area contributed by atoms with Crippen LogP contribution in [-0.4, -0.2) is 29.0 Å². The average Bonchev–Trinajstić information content (AvgIpc) is 3.30. The van der Waals surface area contributed by atoms with E-state index >= 15 is 0 Å². The highest BCUT2D eigenvalue weighted by molar-refractivity contribution is 6.39. The summed E-state index contributed by atoms with van der Waals surface area (Å²) in [5, 5.41) is 2.27. The molecule has 1 N–H and O–H groups in total. The Morgan fingerprint density at radius 3 is 2.51 bits per heavy atom. The van der Waals surface area contributed by atoms with Crippen LogP contribution in [0.1, 0.15) is 23.7 Å². The van der Waals surface area contributed by atoms with Gasteiger partial charge in [-0.05, 0) is 60.4 Å². The summed E-state index contributed by atoms with van der Waals surface area (Å²) in [6.45, 7) is 6.71. The van der Waals surface area contributed by atoms with Crippen molar-refractivity contribution in [1.82, 2.24) is 9.88 Å². The Bertz CT molecular complexity index is 1290. The van der Waals surface area contributed by atoms with Crippen LogP contribution in [0.5, 0.6) is 5.75 Å². The van der Waals surface area contributed by atoms with E-state index in [0.29, 0.717) is 31.0 Å². The third kappa shape index (κ3) is 5.24. The molecule has 1 aromatic heterocycles. The third-order valence-corrected chi connectivity index (χ3v) is 5.79. The topological polar surface area (TPSA) is 80.6 Å². The van der Waals surface area contributed by atoms with E-state index in [2.05, 4.69) is 11.9 Å². The first kappa shape index (κ1) is 23.8. The maximum Gasteiger partial charge on any atom is 0.335 e. The highest BCUT2D eigenvalue weighted by Crippen LogP contribution is 2.23. The van der Waals surface area contributed by atoms with E-state index in [4.69, 9.17) is 4.74 Å². The number of benzene rings is 2. The van der Waals surface area contributed by atoms with Gasteiger partial charge in [0.05, 0.1) is 12.2 Å². The first-order valence-corrected chi connectivity index (χ1v) is 11.5. The maximum atomic E-state index is 13.2. The first-order chi connectivity index (χ1) is 17.0. The number of imide groups is 2. The van der Waals surface area contributed by atoms with E-state index in [0.717, 1.165) is 28.2 Å². The van der Waals surface area contributed by atoms with E-state index in [1.807, 2.05) is 66.2 Å². The molecule has 1 saturated heterocycles. The highest BCUT2D eigenvalue weighted by Gasteiger charge is 2.36. The number of ether oxygens (including phenoxy) is 1. The molecule has 1 fully saturated rings. The van der Waals surface area contributed by atoms with E-state index in [1.54, 1.807) is 18.2 Å². The molecule has 4 rings (SSSR count). The number of aromatic nitrogens is 1. The van der Waals surface area contributed by atoms with Crippen molar-refractivity contribution in [3.05, 3.63) is 102 Å².